The van der Waals surface area contributed by atoms with E-state index in [4.69, 9.17) is 10.1 Å². The summed E-state index contributed by atoms with van der Waals surface area (Å²) in [4.78, 5) is 24.5. The van der Waals surface area contributed by atoms with Crippen LogP contribution in [0.1, 0.15) is 33.5 Å². The lowest BCUT2D eigenvalue weighted by molar-refractivity contribution is -0.104. The molecule has 0 aliphatic carbocycles. The topological polar surface area (TPSA) is 142 Å². The molecular formula is C36H40FN8O3+. The van der Waals surface area contributed by atoms with Crippen LogP contribution in [0.4, 0.5) is 21.6 Å². The molecule has 0 spiro atoms. The molecule has 48 heavy (non-hydrogen) atoms. The van der Waals surface area contributed by atoms with Gasteiger partial charge in [0.2, 0.25) is 0 Å². The molecule has 1 fully saturated rings. The minimum Gasteiger partial charge on any atom is -0.396 e. The zero-order valence-corrected chi connectivity index (χ0v) is 26.7. The number of morpholine rings is 1. The van der Waals surface area contributed by atoms with Crippen molar-refractivity contribution in [1.82, 2.24) is 24.8 Å². The van der Waals surface area contributed by atoms with Crippen molar-refractivity contribution in [2.45, 2.75) is 19.4 Å². The Hall–Kier alpha value is -5.17. The van der Waals surface area contributed by atoms with E-state index in [1.54, 1.807) is 18.3 Å². The number of nitrogens with zero attached hydrogens (tertiary/aromatic N) is 4. The fourth-order valence-corrected chi connectivity index (χ4v) is 5.77. The van der Waals surface area contributed by atoms with Crippen molar-refractivity contribution in [3.8, 4) is 5.69 Å². The predicted molar refractivity (Wildman–Crippen MR) is 184 cm³/mol. The van der Waals surface area contributed by atoms with Crippen molar-refractivity contribution in [1.29, 1.82) is 0 Å². The molecule has 1 aliphatic rings. The number of ether oxygens (including phenoxy) is 1. The Morgan fingerprint density at radius 1 is 1.04 bits per heavy atom. The molecule has 1 saturated heterocycles. The van der Waals surface area contributed by atoms with Gasteiger partial charge in [-0.15, -0.1) is 0 Å². The summed E-state index contributed by atoms with van der Waals surface area (Å²) in [6.45, 7) is 5.27. The molecule has 0 radical (unpaired) electrons. The van der Waals surface area contributed by atoms with Crippen LogP contribution in [0.25, 0.3) is 16.6 Å². The van der Waals surface area contributed by atoms with E-state index in [1.807, 2.05) is 47.2 Å². The Bertz CT molecular complexity index is 1870. The van der Waals surface area contributed by atoms with Gasteiger partial charge in [-0.05, 0) is 79.0 Å². The lowest BCUT2D eigenvalue weighted by Crippen LogP contribution is -2.38. The van der Waals surface area contributed by atoms with Crippen molar-refractivity contribution < 1.29 is 24.4 Å². The van der Waals surface area contributed by atoms with E-state index in [0.29, 0.717) is 30.9 Å². The van der Waals surface area contributed by atoms with Crippen LogP contribution in [0.5, 0.6) is 0 Å². The number of carbonyl (C=O) groups is 1. The number of aliphatic hydroxyl groups is 1. The van der Waals surface area contributed by atoms with E-state index in [0.717, 1.165) is 83.9 Å². The highest BCUT2D eigenvalue weighted by Gasteiger charge is 2.17. The molecule has 2 aromatic heterocycles. The lowest BCUT2D eigenvalue weighted by Gasteiger charge is -2.26. The first-order valence-electron chi connectivity index (χ1n) is 16.1. The highest BCUT2D eigenvalue weighted by molar-refractivity contribution is 5.96. The predicted octanol–water partition coefficient (Wildman–Crippen LogP) is 3.08. The summed E-state index contributed by atoms with van der Waals surface area (Å²) in [7, 11) is 0. The number of amides is 1. The number of carbonyl (C=O) groups excluding carboxylic acids is 1. The van der Waals surface area contributed by atoms with Gasteiger partial charge in [-0.2, -0.15) is 0 Å². The molecule has 0 bridgehead atoms. The largest absolute Gasteiger partial charge is 0.396 e. The van der Waals surface area contributed by atoms with Crippen molar-refractivity contribution in [3.63, 3.8) is 0 Å². The van der Waals surface area contributed by atoms with Crippen LogP contribution >= 0.6 is 0 Å². The van der Waals surface area contributed by atoms with E-state index in [2.05, 4.69) is 30.8 Å². The van der Waals surface area contributed by atoms with Crippen LogP contribution in [0.15, 0.2) is 79.4 Å². The summed E-state index contributed by atoms with van der Waals surface area (Å²) in [5.41, 5.74) is 6.23. The summed E-state index contributed by atoms with van der Waals surface area (Å²) < 4.78 is 20.6. The average molecular weight is 652 g/mol. The highest BCUT2D eigenvalue weighted by atomic mass is 19.1. The third-order valence-corrected chi connectivity index (χ3v) is 8.38. The van der Waals surface area contributed by atoms with Crippen molar-refractivity contribution in [2.75, 3.05) is 56.6 Å². The van der Waals surface area contributed by atoms with Crippen LogP contribution in [0.3, 0.4) is 0 Å². The van der Waals surface area contributed by atoms with Crippen LogP contribution in [0, 0.1) is 5.82 Å². The Kier molecular flexibility index (Phi) is 10.7. The van der Waals surface area contributed by atoms with E-state index in [9.17, 15) is 14.3 Å². The Balaban J connectivity index is 1.17. The van der Waals surface area contributed by atoms with Gasteiger partial charge >= 0.3 is 0 Å². The number of hydrogen-bond donors (Lipinski definition) is 5. The second-order valence-electron chi connectivity index (χ2n) is 11.6. The normalized spacial score (nSPS) is 13.4. The molecule has 6 N–H and O–H groups in total. The van der Waals surface area contributed by atoms with Gasteiger partial charge in [-0.1, -0.05) is 12.1 Å². The van der Waals surface area contributed by atoms with Gasteiger partial charge in [0.25, 0.3) is 5.91 Å². The fraction of sp³-hybridized carbons (Fsp3) is 0.278. The summed E-state index contributed by atoms with van der Waals surface area (Å²) in [6.07, 6.45) is 7.95. The zero-order valence-electron chi connectivity index (χ0n) is 26.7. The number of fused-ring (bicyclic) bond motifs is 1. The monoisotopic (exact) mass is 651 g/mol. The summed E-state index contributed by atoms with van der Waals surface area (Å²) in [5.74, 6) is 0.180. The number of aromatic nitrogens is 3. The first-order chi connectivity index (χ1) is 23.5. The maximum Gasteiger partial charge on any atom is 0.253 e. The fourth-order valence-electron chi connectivity index (χ4n) is 5.77. The number of benzene rings is 3. The van der Waals surface area contributed by atoms with Crippen LogP contribution in [-0.2, 0) is 17.7 Å². The number of nitrogens with two attached hydrogens (primary N) is 1. The number of rotatable bonds is 14. The van der Waals surface area contributed by atoms with Gasteiger partial charge in [0.05, 0.1) is 29.9 Å². The quantitative estimate of drug-likeness (QED) is 0.0912. The molecule has 0 unspecified atom stereocenters. The van der Waals surface area contributed by atoms with Crippen LogP contribution in [-0.4, -0.2) is 82.7 Å². The summed E-state index contributed by atoms with van der Waals surface area (Å²) >= 11 is 0. The Morgan fingerprint density at radius 2 is 1.88 bits per heavy atom. The molecule has 11 nitrogen and oxygen atoms in total. The first-order valence-corrected chi connectivity index (χ1v) is 16.1. The lowest BCUT2D eigenvalue weighted by atomic mass is 10.1. The molecule has 1 amide bonds. The van der Waals surface area contributed by atoms with Crippen molar-refractivity contribution in [3.05, 3.63) is 107 Å². The molecule has 3 aromatic carbocycles. The van der Waals surface area contributed by atoms with Gasteiger partial charge in [0.1, 0.15) is 18.0 Å². The van der Waals surface area contributed by atoms with Crippen molar-refractivity contribution >= 4 is 40.2 Å². The maximum absolute atomic E-state index is 13.3. The molecular weight excluding hydrogens is 611 g/mol. The Morgan fingerprint density at radius 3 is 2.67 bits per heavy atom. The number of aliphatic hydroxyl groups excluding tert-OH is 1. The molecule has 3 heterocycles. The molecule has 0 atom stereocenters. The van der Waals surface area contributed by atoms with Gasteiger partial charge < -0.3 is 30.4 Å². The molecule has 1 aliphatic heterocycles. The first kappa shape index (κ1) is 32.8. The number of halogens is 1. The SMILES string of the molecule is [NH2+]=Cc1cc(Nc2ncnc3ccc(-n4cc(CCO)c(C(=O)NCCCN5CCOCC5)c4)cc23)ccc1NCc1ccc(F)cc1. The van der Waals surface area contributed by atoms with Gasteiger partial charge in [-0.3, -0.25) is 15.1 Å². The van der Waals surface area contributed by atoms with Gasteiger partial charge in [0, 0.05) is 67.6 Å². The number of anilines is 3. The van der Waals surface area contributed by atoms with Crippen molar-refractivity contribution in [2.24, 2.45) is 0 Å². The average Bonchev–Trinajstić information content (AvgIpc) is 3.54. The van der Waals surface area contributed by atoms with Gasteiger partial charge in [0.15, 0.2) is 6.21 Å². The van der Waals surface area contributed by atoms with E-state index in [1.165, 1.54) is 24.7 Å². The maximum atomic E-state index is 13.3. The molecule has 0 saturated carbocycles. The second-order valence-corrected chi connectivity index (χ2v) is 11.6. The number of hydrogen-bond acceptors (Lipinski definition) is 8. The smallest absolute Gasteiger partial charge is 0.253 e. The third-order valence-electron chi connectivity index (χ3n) is 8.38. The molecule has 6 rings (SSSR count). The minimum atomic E-state index is -0.271. The molecule has 248 valence electrons. The van der Waals surface area contributed by atoms with E-state index >= 15 is 0 Å². The van der Waals surface area contributed by atoms with E-state index in [-0.39, 0.29) is 18.3 Å². The third kappa shape index (κ3) is 8.03. The second kappa shape index (κ2) is 15.6. The number of nitrogens with one attached hydrogen (secondary N) is 3. The summed E-state index contributed by atoms with van der Waals surface area (Å²) in [6, 6.07) is 18.0. The van der Waals surface area contributed by atoms with Crippen LogP contribution in [0.2, 0.25) is 0 Å². The highest BCUT2D eigenvalue weighted by Crippen LogP contribution is 2.28. The summed E-state index contributed by atoms with van der Waals surface area (Å²) in [5, 5.41) is 26.3. The standard InChI is InChI=1S/C36H39FN8O3/c37-28-4-2-25(3-5-28)21-40-33-8-6-29(18-27(33)20-38)43-35-31-19-30(7-9-34(31)41-24-42-35)45-22-26(10-15-46)32(23-45)36(47)39-11-1-12-44-13-16-48-17-14-44/h2-9,18-20,22-24,38,40,46H,1,10-17,21H2,(H,39,47)(H,41,42,43)/p+1. The van der Waals surface area contributed by atoms with Gasteiger partial charge in [-0.25, -0.2) is 14.4 Å². The Labute approximate surface area is 278 Å². The molecule has 5 aromatic rings. The van der Waals surface area contributed by atoms with Crippen LogP contribution < -0.4 is 21.4 Å². The minimum absolute atomic E-state index is 0.0658. The zero-order chi connectivity index (χ0) is 33.3. The molecule has 12 heteroatoms. The van der Waals surface area contributed by atoms with E-state index < -0.39 is 0 Å².